The van der Waals surface area contributed by atoms with Crippen LogP contribution in [-0.2, 0) is 6.42 Å². The van der Waals surface area contributed by atoms with Crippen LogP contribution in [0, 0.1) is 5.92 Å². The summed E-state index contributed by atoms with van der Waals surface area (Å²) in [4.78, 5) is 4.10. The zero-order chi connectivity index (χ0) is 26.3. The SMILES string of the molecule is CC.CC.CC.CC.CC(C)c1ccccc1.CCC1CCCCC1.CCc1ccccn1. The first kappa shape index (κ1) is 38.6. The molecule has 1 aromatic heterocycles. The number of pyridine rings is 1. The number of benzene rings is 1. The molecule has 0 aliphatic heterocycles. The van der Waals surface area contributed by atoms with Crippen LogP contribution in [0.2, 0.25) is 0 Å². The molecular weight excluding hydrogens is 398 g/mol. The summed E-state index contributed by atoms with van der Waals surface area (Å²) in [6.45, 7) is 24.8. The van der Waals surface area contributed by atoms with Crippen molar-refractivity contribution >= 4 is 0 Å². The van der Waals surface area contributed by atoms with Crippen molar-refractivity contribution in [3.05, 3.63) is 66.0 Å². The average Bonchev–Trinajstić information content (AvgIpc) is 2.95. The minimum atomic E-state index is 0.659. The summed E-state index contributed by atoms with van der Waals surface area (Å²) < 4.78 is 0. The van der Waals surface area contributed by atoms with E-state index in [1.807, 2.05) is 85.9 Å². The van der Waals surface area contributed by atoms with Crippen molar-refractivity contribution in [2.24, 2.45) is 5.92 Å². The first-order valence-electron chi connectivity index (χ1n) is 14.1. The Morgan fingerprint density at radius 3 is 1.45 bits per heavy atom. The fraction of sp³-hybridized carbons (Fsp3) is 0.656. The lowest BCUT2D eigenvalue weighted by molar-refractivity contribution is 0.349. The lowest BCUT2D eigenvalue weighted by Gasteiger charge is -2.18. The van der Waals surface area contributed by atoms with Crippen molar-refractivity contribution in [3.63, 3.8) is 0 Å². The summed E-state index contributed by atoms with van der Waals surface area (Å²) in [5, 5.41) is 0. The Labute approximate surface area is 210 Å². The third-order valence-electron chi connectivity index (χ3n) is 4.86. The van der Waals surface area contributed by atoms with E-state index in [1.54, 1.807) is 0 Å². The van der Waals surface area contributed by atoms with Gasteiger partial charge in [-0.3, -0.25) is 4.98 Å². The van der Waals surface area contributed by atoms with Gasteiger partial charge in [0.2, 0.25) is 0 Å². The summed E-state index contributed by atoms with van der Waals surface area (Å²) in [6, 6.07) is 16.5. The summed E-state index contributed by atoms with van der Waals surface area (Å²) in [5.41, 5.74) is 2.57. The maximum Gasteiger partial charge on any atom is 0.0400 e. The molecule has 0 saturated heterocycles. The van der Waals surface area contributed by atoms with Crippen molar-refractivity contribution in [1.29, 1.82) is 0 Å². The lowest BCUT2D eigenvalue weighted by Crippen LogP contribution is -2.03. The highest BCUT2D eigenvalue weighted by Crippen LogP contribution is 2.25. The molecule has 0 spiro atoms. The fourth-order valence-electron chi connectivity index (χ4n) is 3.04. The molecule has 1 heterocycles. The van der Waals surface area contributed by atoms with E-state index < -0.39 is 0 Å². The van der Waals surface area contributed by atoms with Gasteiger partial charge in [0.25, 0.3) is 0 Å². The number of aryl methyl sites for hydroxylation is 1. The Bertz CT molecular complexity index is 513. The molecule has 0 amide bonds. The molecule has 33 heavy (non-hydrogen) atoms. The molecule has 0 radical (unpaired) electrons. The van der Waals surface area contributed by atoms with Gasteiger partial charge in [0, 0.05) is 11.9 Å². The fourth-order valence-corrected chi connectivity index (χ4v) is 3.04. The Hall–Kier alpha value is -1.63. The predicted octanol–water partition coefficient (Wildman–Crippen LogP) is 11.5. The van der Waals surface area contributed by atoms with Gasteiger partial charge < -0.3 is 0 Å². The van der Waals surface area contributed by atoms with E-state index in [9.17, 15) is 0 Å². The van der Waals surface area contributed by atoms with Gasteiger partial charge in [-0.2, -0.15) is 0 Å². The Balaban J connectivity index is -0.000000166. The maximum absolute atomic E-state index is 4.10. The van der Waals surface area contributed by atoms with Crippen LogP contribution in [0.5, 0.6) is 0 Å². The summed E-state index contributed by atoms with van der Waals surface area (Å²) in [5.74, 6) is 1.75. The molecule has 1 saturated carbocycles. The maximum atomic E-state index is 4.10. The van der Waals surface area contributed by atoms with Crippen molar-refractivity contribution in [2.75, 3.05) is 0 Å². The van der Waals surface area contributed by atoms with Gasteiger partial charge >= 0.3 is 0 Å². The zero-order valence-corrected chi connectivity index (χ0v) is 24.7. The van der Waals surface area contributed by atoms with E-state index in [2.05, 4.69) is 56.9 Å². The molecule has 3 rings (SSSR count). The number of hydrogen-bond donors (Lipinski definition) is 0. The quantitative estimate of drug-likeness (QED) is 0.444. The van der Waals surface area contributed by atoms with Crippen LogP contribution >= 0.6 is 0 Å². The highest BCUT2D eigenvalue weighted by molar-refractivity contribution is 5.17. The number of rotatable bonds is 3. The second-order valence-corrected chi connectivity index (χ2v) is 7.15. The molecule has 0 atom stereocenters. The Kier molecular flexibility index (Phi) is 40.9. The van der Waals surface area contributed by atoms with Gasteiger partial charge in [0.05, 0.1) is 0 Å². The number of hydrogen-bond acceptors (Lipinski definition) is 1. The monoisotopic (exact) mass is 459 g/mol. The molecule has 1 aromatic carbocycles. The summed E-state index contributed by atoms with van der Waals surface area (Å²) in [7, 11) is 0. The minimum Gasteiger partial charge on any atom is -0.261 e. The van der Waals surface area contributed by atoms with Gasteiger partial charge in [-0.05, 0) is 36.0 Å². The van der Waals surface area contributed by atoms with Crippen molar-refractivity contribution in [1.82, 2.24) is 4.98 Å². The van der Waals surface area contributed by atoms with Crippen molar-refractivity contribution < 1.29 is 0 Å². The molecule has 0 N–H and O–H groups in total. The van der Waals surface area contributed by atoms with Crippen LogP contribution < -0.4 is 0 Å². The molecule has 0 unspecified atom stereocenters. The molecular formula is C32H61N. The standard InChI is InChI=1S/C9H12.C8H16.C7H9N.4C2H6/c1-8(2)9-6-4-3-5-7-9;1-2-8-6-4-3-5-7-8;1-2-7-5-3-4-6-8-7;4*1-2/h3-8H,1-2H3;8H,2-7H2,1H3;3-6H,2H2,1H3;4*1-2H3. The number of nitrogens with zero attached hydrogens (tertiary/aromatic N) is 1. The van der Waals surface area contributed by atoms with Crippen LogP contribution in [0.25, 0.3) is 0 Å². The molecule has 1 aliphatic carbocycles. The van der Waals surface area contributed by atoms with Gasteiger partial charge in [0.15, 0.2) is 0 Å². The van der Waals surface area contributed by atoms with E-state index in [0.717, 1.165) is 18.0 Å². The molecule has 1 fully saturated rings. The first-order chi connectivity index (χ1) is 16.2. The number of aromatic nitrogens is 1. The molecule has 2 aromatic rings. The highest BCUT2D eigenvalue weighted by atomic mass is 14.6. The van der Waals surface area contributed by atoms with Gasteiger partial charge in [-0.25, -0.2) is 0 Å². The van der Waals surface area contributed by atoms with Gasteiger partial charge in [0.1, 0.15) is 0 Å². The van der Waals surface area contributed by atoms with Crippen LogP contribution in [0.1, 0.15) is 139 Å². The first-order valence-corrected chi connectivity index (χ1v) is 14.1. The molecule has 1 heteroatoms. The van der Waals surface area contributed by atoms with Crippen LogP contribution in [0.15, 0.2) is 54.7 Å². The molecule has 1 nitrogen and oxygen atoms in total. The van der Waals surface area contributed by atoms with Crippen molar-refractivity contribution in [3.8, 4) is 0 Å². The third-order valence-corrected chi connectivity index (χ3v) is 4.86. The second kappa shape index (κ2) is 35.0. The van der Waals surface area contributed by atoms with E-state index in [-0.39, 0.29) is 0 Å². The lowest BCUT2D eigenvalue weighted by atomic mass is 9.88. The normalized spacial score (nSPS) is 11.4. The topological polar surface area (TPSA) is 12.9 Å². The van der Waals surface area contributed by atoms with Crippen LogP contribution in [-0.4, -0.2) is 4.98 Å². The largest absolute Gasteiger partial charge is 0.261 e. The van der Waals surface area contributed by atoms with E-state index in [0.29, 0.717) is 5.92 Å². The average molecular weight is 460 g/mol. The third kappa shape index (κ3) is 26.5. The van der Waals surface area contributed by atoms with E-state index in [1.165, 1.54) is 44.1 Å². The molecule has 1 aliphatic rings. The molecule has 194 valence electrons. The zero-order valence-electron chi connectivity index (χ0n) is 24.7. The summed E-state index contributed by atoms with van der Waals surface area (Å²) >= 11 is 0. The Morgan fingerprint density at radius 2 is 1.18 bits per heavy atom. The smallest absolute Gasteiger partial charge is 0.0400 e. The van der Waals surface area contributed by atoms with E-state index in [4.69, 9.17) is 0 Å². The minimum absolute atomic E-state index is 0.659. The molecule has 0 bridgehead atoms. The van der Waals surface area contributed by atoms with E-state index >= 15 is 0 Å². The van der Waals surface area contributed by atoms with Crippen LogP contribution in [0.3, 0.4) is 0 Å². The Morgan fingerprint density at radius 1 is 0.697 bits per heavy atom. The second-order valence-electron chi connectivity index (χ2n) is 7.15. The predicted molar refractivity (Wildman–Crippen MR) is 156 cm³/mol. The van der Waals surface area contributed by atoms with Crippen molar-refractivity contribution in [2.45, 2.75) is 134 Å². The van der Waals surface area contributed by atoms with Gasteiger partial charge in [-0.1, -0.05) is 158 Å². The highest BCUT2D eigenvalue weighted by Gasteiger charge is 2.09. The van der Waals surface area contributed by atoms with Gasteiger partial charge in [-0.15, -0.1) is 0 Å². The van der Waals surface area contributed by atoms with Crippen LogP contribution in [0.4, 0.5) is 0 Å². The summed E-state index contributed by atoms with van der Waals surface area (Å²) in [6.07, 6.45) is 11.8.